The summed E-state index contributed by atoms with van der Waals surface area (Å²) in [4.78, 5) is 11.9. The molecule has 4 nitrogen and oxygen atoms in total. The van der Waals surface area contributed by atoms with E-state index in [-0.39, 0.29) is 0 Å². The Balaban J connectivity index is 1.44. The highest BCUT2D eigenvalue weighted by atomic mass is 32.2. The Kier molecular flexibility index (Phi) is 9.48. The Bertz CT molecular complexity index is 1500. The largest absolute Gasteiger partial charge is 0.493 e. The second-order valence-electron chi connectivity index (χ2n) is 10.7. The van der Waals surface area contributed by atoms with Crippen molar-refractivity contribution in [2.75, 3.05) is 23.8 Å². The maximum atomic E-state index is 11.9. The number of unbranched alkanes of at least 4 members (excludes halogenated alkanes) is 1. The zero-order valence-corrected chi connectivity index (χ0v) is 25.4. The molecular weight excluding hydrogens is 526 g/mol. The number of anilines is 1. The first kappa shape index (κ1) is 29.0. The smallest absolute Gasteiger partial charge is 0.127 e. The molecule has 0 radical (unpaired) electrons. The SMILES string of the molecule is CSN1Cc2cccc(OCCCCOCc3ccccc3)c2-c2c(C)c(-c3ccc(C)cc3)c(CC=O)c(C)c21. The highest BCUT2D eigenvalue weighted by Crippen LogP contribution is 2.52. The molecule has 5 rings (SSSR count). The Labute approximate surface area is 248 Å². The number of benzene rings is 4. The van der Waals surface area contributed by atoms with Crippen LogP contribution in [0, 0.1) is 20.8 Å². The van der Waals surface area contributed by atoms with Gasteiger partial charge in [-0.05, 0) is 78.6 Å². The van der Waals surface area contributed by atoms with E-state index in [0.29, 0.717) is 26.2 Å². The number of ether oxygens (including phenoxy) is 2. The fraction of sp³-hybridized carbons (Fsp3) is 0.306. The van der Waals surface area contributed by atoms with Gasteiger partial charge in [0, 0.05) is 30.4 Å². The quantitative estimate of drug-likeness (QED) is 0.0976. The van der Waals surface area contributed by atoms with Gasteiger partial charge in [-0.3, -0.25) is 0 Å². The number of rotatable bonds is 12. The van der Waals surface area contributed by atoms with E-state index in [2.05, 4.69) is 85.9 Å². The van der Waals surface area contributed by atoms with Crippen molar-refractivity contribution >= 4 is 23.9 Å². The molecule has 0 spiro atoms. The van der Waals surface area contributed by atoms with E-state index in [1.54, 1.807) is 11.9 Å². The minimum atomic E-state index is 0.392. The van der Waals surface area contributed by atoms with E-state index in [0.717, 1.165) is 48.1 Å². The summed E-state index contributed by atoms with van der Waals surface area (Å²) in [6.45, 7) is 9.27. The molecule has 0 amide bonds. The van der Waals surface area contributed by atoms with Crippen LogP contribution in [0.1, 0.15) is 46.2 Å². The molecule has 0 N–H and O–H groups in total. The lowest BCUT2D eigenvalue weighted by molar-refractivity contribution is -0.107. The minimum absolute atomic E-state index is 0.392. The number of hydrogen-bond donors (Lipinski definition) is 0. The summed E-state index contributed by atoms with van der Waals surface area (Å²) < 4.78 is 14.7. The van der Waals surface area contributed by atoms with Crippen molar-refractivity contribution in [2.45, 2.75) is 53.2 Å². The summed E-state index contributed by atoms with van der Waals surface area (Å²) in [5.74, 6) is 0.926. The predicted molar refractivity (Wildman–Crippen MR) is 172 cm³/mol. The zero-order chi connectivity index (χ0) is 28.8. The molecule has 212 valence electrons. The first-order chi connectivity index (χ1) is 20.0. The Morgan fingerprint density at radius 3 is 2.32 bits per heavy atom. The lowest BCUT2D eigenvalue weighted by atomic mass is 9.80. The van der Waals surface area contributed by atoms with Crippen LogP contribution in [0.5, 0.6) is 5.75 Å². The second kappa shape index (κ2) is 13.4. The number of aldehydes is 1. The molecule has 0 atom stereocenters. The van der Waals surface area contributed by atoms with Gasteiger partial charge in [0.25, 0.3) is 0 Å². The molecule has 1 aliphatic rings. The van der Waals surface area contributed by atoms with E-state index in [1.165, 1.54) is 44.6 Å². The third-order valence-electron chi connectivity index (χ3n) is 7.92. The van der Waals surface area contributed by atoms with Crippen LogP contribution in [0.2, 0.25) is 0 Å². The molecule has 1 heterocycles. The molecule has 4 aromatic rings. The van der Waals surface area contributed by atoms with Gasteiger partial charge in [0.15, 0.2) is 0 Å². The first-order valence-electron chi connectivity index (χ1n) is 14.4. The monoisotopic (exact) mass is 565 g/mol. The summed E-state index contributed by atoms with van der Waals surface area (Å²) >= 11 is 1.73. The molecule has 0 saturated carbocycles. The van der Waals surface area contributed by atoms with Crippen molar-refractivity contribution in [3.63, 3.8) is 0 Å². The molecule has 0 saturated heterocycles. The fourth-order valence-electron chi connectivity index (χ4n) is 5.87. The normalized spacial score (nSPS) is 12.1. The molecule has 1 aliphatic heterocycles. The number of hydrogen-bond acceptors (Lipinski definition) is 5. The van der Waals surface area contributed by atoms with Gasteiger partial charge in [-0.25, -0.2) is 0 Å². The van der Waals surface area contributed by atoms with Crippen molar-refractivity contribution in [1.82, 2.24) is 0 Å². The summed E-state index contributed by atoms with van der Waals surface area (Å²) in [5, 5.41) is 0. The van der Waals surface area contributed by atoms with E-state index in [1.807, 2.05) is 18.2 Å². The molecular formula is C36H39NO3S. The van der Waals surface area contributed by atoms with Crippen LogP contribution in [0.15, 0.2) is 72.8 Å². The van der Waals surface area contributed by atoms with Crippen LogP contribution < -0.4 is 9.04 Å². The summed E-state index contributed by atoms with van der Waals surface area (Å²) in [5.41, 5.74) is 13.0. The summed E-state index contributed by atoms with van der Waals surface area (Å²) in [6.07, 6.45) is 5.42. The first-order valence-corrected chi connectivity index (χ1v) is 15.6. The van der Waals surface area contributed by atoms with Gasteiger partial charge in [0.1, 0.15) is 12.0 Å². The average Bonchev–Trinajstić information content (AvgIpc) is 2.99. The Morgan fingerprint density at radius 2 is 1.59 bits per heavy atom. The maximum absolute atomic E-state index is 11.9. The molecule has 0 bridgehead atoms. The number of fused-ring (bicyclic) bond motifs is 3. The Hall–Kier alpha value is -3.54. The number of nitrogens with zero attached hydrogens (tertiary/aromatic N) is 1. The molecule has 0 aliphatic carbocycles. The molecule has 5 heteroatoms. The average molecular weight is 566 g/mol. The Morgan fingerprint density at radius 1 is 0.829 bits per heavy atom. The van der Waals surface area contributed by atoms with Crippen LogP contribution in [-0.4, -0.2) is 25.8 Å². The van der Waals surface area contributed by atoms with Gasteiger partial charge in [-0.2, -0.15) is 0 Å². The van der Waals surface area contributed by atoms with Gasteiger partial charge in [-0.1, -0.05) is 84.2 Å². The number of carbonyl (C=O) groups is 1. The van der Waals surface area contributed by atoms with Crippen LogP contribution >= 0.6 is 11.9 Å². The van der Waals surface area contributed by atoms with Crippen molar-refractivity contribution in [3.05, 3.63) is 106 Å². The highest BCUT2D eigenvalue weighted by molar-refractivity contribution is 7.99. The summed E-state index contributed by atoms with van der Waals surface area (Å²) in [6, 6.07) is 25.4. The van der Waals surface area contributed by atoms with Crippen molar-refractivity contribution in [1.29, 1.82) is 0 Å². The van der Waals surface area contributed by atoms with Gasteiger partial charge < -0.3 is 18.6 Å². The molecule has 0 unspecified atom stereocenters. The summed E-state index contributed by atoms with van der Waals surface area (Å²) in [7, 11) is 0. The highest BCUT2D eigenvalue weighted by Gasteiger charge is 2.31. The van der Waals surface area contributed by atoms with Gasteiger partial charge >= 0.3 is 0 Å². The van der Waals surface area contributed by atoms with Gasteiger partial charge in [0.2, 0.25) is 0 Å². The van der Waals surface area contributed by atoms with Crippen LogP contribution in [-0.2, 0) is 29.1 Å². The third-order valence-corrected chi connectivity index (χ3v) is 8.67. The second-order valence-corrected chi connectivity index (χ2v) is 11.5. The van der Waals surface area contributed by atoms with Gasteiger partial charge in [-0.15, -0.1) is 0 Å². The third kappa shape index (κ3) is 6.22. The lowest BCUT2D eigenvalue weighted by Crippen LogP contribution is -2.22. The fourth-order valence-corrected chi connectivity index (χ4v) is 6.55. The van der Waals surface area contributed by atoms with Gasteiger partial charge in [0.05, 0.1) is 25.4 Å². The standard InChI is InChI=1S/C36H39NO3S/c1-25-15-17-29(18-16-25)33-27(3)34-35-30(23-37(41-4)36(34)26(2)31(33)19-20-38)13-10-14-32(35)40-22-9-8-21-39-24-28-11-6-5-7-12-28/h5-7,10-18,20H,8-9,19,21-24H2,1-4H3. The van der Waals surface area contributed by atoms with E-state index in [4.69, 9.17) is 9.47 Å². The van der Waals surface area contributed by atoms with E-state index >= 15 is 0 Å². The minimum Gasteiger partial charge on any atom is -0.493 e. The topological polar surface area (TPSA) is 38.8 Å². The predicted octanol–water partition coefficient (Wildman–Crippen LogP) is 8.66. The van der Waals surface area contributed by atoms with Crippen LogP contribution in [0.25, 0.3) is 22.3 Å². The number of aryl methyl sites for hydroxylation is 1. The van der Waals surface area contributed by atoms with E-state index in [9.17, 15) is 4.79 Å². The molecule has 0 aromatic heterocycles. The van der Waals surface area contributed by atoms with Crippen molar-refractivity contribution < 1.29 is 14.3 Å². The molecule has 41 heavy (non-hydrogen) atoms. The molecule has 0 fully saturated rings. The van der Waals surface area contributed by atoms with Crippen molar-refractivity contribution in [2.24, 2.45) is 0 Å². The number of carbonyl (C=O) groups excluding carboxylic acids is 1. The lowest BCUT2D eigenvalue weighted by Gasteiger charge is -2.36. The molecule has 4 aromatic carbocycles. The van der Waals surface area contributed by atoms with Crippen LogP contribution in [0.4, 0.5) is 5.69 Å². The maximum Gasteiger partial charge on any atom is 0.127 e. The van der Waals surface area contributed by atoms with Crippen LogP contribution in [0.3, 0.4) is 0 Å². The van der Waals surface area contributed by atoms with E-state index < -0.39 is 0 Å². The zero-order valence-electron chi connectivity index (χ0n) is 24.5. The van der Waals surface area contributed by atoms with Crippen molar-refractivity contribution in [3.8, 4) is 28.0 Å².